The van der Waals surface area contributed by atoms with Crippen LogP contribution in [0.25, 0.3) is 0 Å². The van der Waals surface area contributed by atoms with E-state index in [0.29, 0.717) is 18.7 Å². The Morgan fingerprint density at radius 2 is 1.66 bits per heavy atom. The molecule has 0 unspecified atom stereocenters. The highest BCUT2D eigenvalue weighted by Crippen LogP contribution is 2.25. The van der Waals surface area contributed by atoms with Crippen molar-refractivity contribution in [3.63, 3.8) is 0 Å². The summed E-state index contributed by atoms with van der Waals surface area (Å²) in [4.78, 5) is 12.9. The molecule has 3 rings (SSSR count). The van der Waals surface area contributed by atoms with Gasteiger partial charge in [0.2, 0.25) is 10.0 Å². The molecule has 0 spiro atoms. The van der Waals surface area contributed by atoms with Crippen molar-refractivity contribution in [2.75, 3.05) is 13.1 Å². The van der Waals surface area contributed by atoms with Crippen LogP contribution in [0.5, 0.6) is 0 Å². The van der Waals surface area contributed by atoms with Gasteiger partial charge in [0.1, 0.15) is 0 Å². The van der Waals surface area contributed by atoms with Gasteiger partial charge in [0.15, 0.2) is 0 Å². The molecule has 1 amide bonds. The Bertz CT molecular complexity index is 970. The second kappa shape index (κ2) is 8.28. The zero-order valence-electron chi connectivity index (χ0n) is 17.6. The number of carbonyl (C=O) groups is 1. The van der Waals surface area contributed by atoms with Crippen molar-refractivity contribution < 1.29 is 13.2 Å². The lowest BCUT2D eigenvalue weighted by atomic mass is 9.86. The van der Waals surface area contributed by atoms with Crippen LogP contribution in [0, 0.1) is 0 Å². The predicted octanol–water partition coefficient (Wildman–Crippen LogP) is 4.26. The van der Waals surface area contributed by atoms with Gasteiger partial charge < -0.3 is 5.32 Å². The third kappa shape index (κ3) is 4.87. The maximum absolute atomic E-state index is 12.8. The number of sulfonamides is 1. The van der Waals surface area contributed by atoms with Crippen molar-refractivity contribution in [1.82, 2.24) is 9.62 Å². The molecule has 1 aliphatic rings. The van der Waals surface area contributed by atoms with Gasteiger partial charge >= 0.3 is 0 Å². The number of amides is 1. The summed E-state index contributed by atoms with van der Waals surface area (Å²) in [7, 11) is -3.54. The summed E-state index contributed by atoms with van der Waals surface area (Å²) in [6, 6.07) is 14.3. The highest BCUT2D eigenvalue weighted by Gasteiger charge is 2.27. The Morgan fingerprint density at radius 3 is 2.24 bits per heavy atom. The third-order valence-electron chi connectivity index (χ3n) is 5.42. The number of carbonyl (C=O) groups excluding carboxylic acids is 1. The number of hydrogen-bond acceptors (Lipinski definition) is 3. The molecule has 0 saturated carbocycles. The van der Waals surface area contributed by atoms with E-state index in [1.54, 1.807) is 18.2 Å². The van der Waals surface area contributed by atoms with Crippen molar-refractivity contribution in [3.8, 4) is 0 Å². The van der Waals surface area contributed by atoms with Gasteiger partial charge in [-0.2, -0.15) is 4.31 Å². The molecule has 0 radical (unpaired) electrons. The number of hydrogen-bond donors (Lipinski definition) is 1. The molecule has 0 aromatic heterocycles. The Balaban J connectivity index is 1.74. The van der Waals surface area contributed by atoms with Crippen LogP contribution in [-0.4, -0.2) is 31.7 Å². The number of benzene rings is 2. The molecule has 1 aliphatic heterocycles. The van der Waals surface area contributed by atoms with Crippen LogP contribution in [0.1, 0.15) is 68.1 Å². The molecule has 0 aliphatic carbocycles. The van der Waals surface area contributed by atoms with Crippen LogP contribution >= 0.6 is 0 Å². The molecule has 29 heavy (non-hydrogen) atoms. The van der Waals surface area contributed by atoms with E-state index in [0.717, 1.165) is 18.4 Å². The molecule has 0 bridgehead atoms. The third-order valence-corrected chi connectivity index (χ3v) is 7.32. The maximum Gasteiger partial charge on any atom is 0.251 e. The van der Waals surface area contributed by atoms with Crippen LogP contribution in [0.3, 0.4) is 0 Å². The second-order valence-electron chi connectivity index (χ2n) is 8.71. The van der Waals surface area contributed by atoms with Crippen molar-refractivity contribution in [1.29, 1.82) is 0 Å². The summed E-state index contributed by atoms with van der Waals surface area (Å²) in [6.45, 7) is 9.50. The van der Waals surface area contributed by atoms with E-state index in [4.69, 9.17) is 0 Å². The van der Waals surface area contributed by atoms with Gasteiger partial charge in [-0.3, -0.25) is 4.79 Å². The quantitative estimate of drug-likeness (QED) is 0.795. The second-order valence-corrected chi connectivity index (χ2v) is 10.6. The minimum Gasteiger partial charge on any atom is -0.346 e. The van der Waals surface area contributed by atoms with Crippen LogP contribution in [0.15, 0.2) is 53.4 Å². The van der Waals surface area contributed by atoms with Gasteiger partial charge in [0.25, 0.3) is 5.91 Å². The van der Waals surface area contributed by atoms with Crippen LogP contribution in [-0.2, 0) is 15.4 Å². The summed E-state index contributed by atoms with van der Waals surface area (Å²) in [5, 5.41) is 2.97. The number of nitrogens with zero attached hydrogens (tertiary/aromatic N) is 1. The molecule has 2 aromatic carbocycles. The normalized spacial score (nSPS) is 16.6. The van der Waals surface area contributed by atoms with Gasteiger partial charge in [-0.25, -0.2) is 8.42 Å². The van der Waals surface area contributed by atoms with Crippen molar-refractivity contribution in [2.24, 2.45) is 0 Å². The average molecular weight is 415 g/mol. The number of rotatable bonds is 5. The first-order chi connectivity index (χ1) is 13.6. The summed E-state index contributed by atoms with van der Waals surface area (Å²) in [5.41, 5.74) is 2.67. The first-order valence-electron chi connectivity index (χ1n) is 10.1. The van der Waals surface area contributed by atoms with Crippen molar-refractivity contribution in [3.05, 3.63) is 65.2 Å². The van der Waals surface area contributed by atoms with Gasteiger partial charge in [-0.1, -0.05) is 51.1 Å². The monoisotopic (exact) mass is 414 g/mol. The van der Waals surface area contributed by atoms with Gasteiger partial charge in [-0.05, 0) is 54.5 Å². The fourth-order valence-corrected chi connectivity index (χ4v) is 5.07. The smallest absolute Gasteiger partial charge is 0.251 e. The molecule has 6 heteroatoms. The molecule has 1 heterocycles. The lowest BCUT2D eigenvalue weighted by Crippen LogP contribution is -2.29. The highest BCUT2D eigenvalue weighted by atomic mass is 32.2. The van der Waals surface area contributed by atoms with E-state index >= 15 is 0 Å². The Labute approximate surface area is 174 Å². The van der Waals surface area contributed by atoms with Gasteiger partial charge in [0.05, 0.1) is 10.9 Å². The highest BCUT2D eigenvalue weighted by molar-refractivity contribution is 7.89. The first-order valence-corrected chi connectivity index (χ1v) is 11.5. The van der Waals surface area contributed by atoms with E-state index in [1.165, 1.54) is 15.9 Å². The van der Waals surface area contributed by atoms with Crippen LogP contribution < -0.4 is 5.32 Å². The molecule has 156 valence electrons. The largest absolute Gasteiger partial charge is 0.346 e. The van der Waals surface area contributed by atoms with Crippen LogP contribution in [0.4, 0.5) is 0 Å². The fraction of sp³-hybridized carbons (Fsp3) is 0.435. The van der Waals surface area contributed by atoms with Crippen molar-refractivity contribution >= 4 is 15.9 Å². The molecule has 1 saturated heterocycles. The van der Waals surface area contributed by atoms with E-state index in [1.807, 2.05) is 19.1 Å². The molecule has 1 N–H and O–H groups in total. The first kappa shape index (κ1) is 21.5. The van der Waals surface area contributed by atoms with E-state index in [9.17, 15) is 13.2 Å². The molecule has 2 aromatic rings. The lowest BCUT2D eigenvalue weighted by Gasteiger charge is -2.21. The Hall–Kier alpha value is -2.18. The predicted molar refractivity (Wildman–Crippen MR) is 115 cm³/mol. The SMILES string of the molecule is C[C@@H](NC(=O)c1cccc(S(=O)(=O)N2CCCC2)c1)c1ccc(C(C)(C)C)cc1. The molecular formula is C23H30N2O3S. The molecule has 1 fully saturated rings. The minimum atomic E-state index is -3.54. The minimum absolute atomic E-state index is 0.0757. The van der Waals surface area contributed by atoms with Crippen LogP contribution in [0.2, 0.25) is 0 Å². The van der Waals surface area contributed by atoms with E-state index in [-0.39, 0.29) is 22.3 Å². The standard InChI is InChI=1S/C23H30N2O3S/c1-17(18-10-12-20(13-11-18)23(2,3)4)24-22(26)19-8-7-9-21(16-19)29(27,28)25-14-5-6-15-25/h7-13,16-17H,5-6,14-15H2,1-4H3,(H,24,26)/t17-/m1/s1. The zero-order chi connectivity index (χ0) is 21.2. The van der Waals surface area contributed by atoms with E-state index < -0.39 is 10.0 Å². The molecule has 5 nitrogen and oxygen atoms in total. The molecular weight excluding hydrogens is 384 g/mol. The maximum atomic E-state index is 12.8. The summed E-state index contributed by atoms with van der Waals surface area (Å²) in [5.74, 6) is -0.282. The lowest BCUT2D eigenvalue weighted by molar-refractivity contribution is 0.0939. The average Bonchev–Trinajstić information content (AvgIpc) is 3.23. The Kier molecular flexibility index (Phi) is 6.15. The van der Waals surface area contributed by atoms with Crippen molar-refractivity contribution in [2.45, 2.75) is 56.9 Å². The fourth-order valence-electron chi connectivity index (χ4n) is 3.51. The summed E-state index contributed by atoms with van der Waals surface area (Å²) < 4.78 is 27.0. The van der Waals surface area contributed by atoms with Gasteiger partial charge in [-0.15, -0.1) is 0 Å². The summed E-state index contributed by atoms with van der Waals surface area (Å²) in [6.07, 6.45) is 1.76. The number of nitrogens with one attached hydrogen (secondary N) is 1. The van der Waals surface area contributed by atoms with Gasteiger partial charge in [0, 0.05) is 18.7 Å². The topological polar surface area (TPSA) is 66.5 Å². The summed E-state index contributed by atoms with van der Waals surface area (Å²) >= 11 is 0. The molecule has 1 atom stereocenters. The Morgan fingerprint density at radius 1 is 1.03 bits per heavy atom. The van der Waals surface area contributed by atoms with E-state index in [2.05, 4.69) is 38.2 Å². The zero-order valence-corrected chi connectivity index (χ0v) is 18.4.